The Morgan fingerprint density at radius 3 is 1.91 bits per heavy atom. The van der Waals surface area contributed by atoms with Crippen molar-refractivity contribution >= 4 is 11.9 Å². The van der Waals surface area contributed by atoms with E-state index in [1.165, 1.54) is 0 Å². The maximum Gasteiger partial charge on any atom is 0.326 e. The van der Waals surface area contributed by atoms with Gasteiger partial charge >= 0.3 is 5.97 Å². The van der Waals surface area contributed by atoms with Crippen LogP contribution in [0.5, 0.6) is 0 Å². The van der Waals surface area contributed by atoms with Gasteiger partial charge in [-0.3, -0.25) is 4.79 Å². The van der Waals surface area contributed by atoms with Crippen LogP contribution in [0.4, 0.5) is 0 Å². The Balaban J connectivity index is 1.81. The van der Waals surface area contributed by atoms with Crippen molar-refractivity contribution in [2.24, 2.45) is 0 Å². The molecule has 4 heteroatoms. The third kappa shape index (κ3) is 5.94. The van der Waals surface area contributed by atoms with Crippen molar-refractivity contribution in [3.8, 4) is 0 Å². The molecular weight excluding hydrogens is 290 g/mol. The van der Waals surface area contributed by atoms with Gasteiger partial charge in [0, 0.05) is 6.42 Å². The van der Waals surface area contributed by atoms with Crippen molar-refractivity contribution < 1.29 is 14.7 Å². The van der Waals surface area contributed by atoms with Gasteiger partial charge in [-0.2, -0.15) is 0 Å². The fourth-order valence-electron chi connectivity index (χ4n) is 2.38. The Labute approximate surface area is 136 Å². The first kappa shape index (κ1) is 16.7. The normalized spacial score (nSPS) is 11.7. The molecule has 2 aromatic carbocycles. The average Bonchev–Trinajstić information content (AvgIpc) is 2.58. The SMILES string of the molecule is O=C(CCc1ccccc1)N[C@@H](CCc1ccccc1)C(=O)O. The standard InChI is InChI=1S/C19H21NO3/c21-18(14-12-16-9-5-2-6-10-16)20-17(19(22)23)13-11-15-7-3-1-4-8-15/h1-10,17H,11-14H2,(H,20,21)(H,22,23)/t17-/m0/s1. The molecule has 0 aromatic heterocycles. The molecule has 4 nitrogen and oxygen atoms in total. The largest absolute Gasteiger partial charge is 0.480 e. The quantitative estimate of drug-likeness (QED) is 0.788. The van der Waals surface area contributed by atoms with Crippen LogP contribution in [0.1, 0.15) is 24.0 Å². The minimum Gasteiger partial charge on any atom is -0.480 e. The van der Waals surface area contributed by atoms with Gasteiger partial charge in [0.25, 0.3) is 0 Å². The van der Waals surface area contributed by atoms with Gasteiger partial charge in [0.2, 0.25) is 5.91 Å². The summed E-state index contributed by atoms with van der Waals surface area (Å²) in [4.78, 5) is 23.3. The summed E-state index contributed by atoms with van der Waals surface area (Å²) in [6.45, 7) is 0. The number of carbonyl (C=O) groups excluding carboxylic acids is 1. The second-order valence-electron chi connectivity index (χ2n) is 5.47. The summed E-state index contributed by atoms with van der Waals surface area (Å²) in [5.41, 5.74) is 2.14. The zero-order chi connectivity index (χ0) is 16.5. The van der Waals surface area contributed by atoms with Crippen LogP contribution in [0.15, 0.2) is 60.7 Å². The Bertz CT molecular complexity index is 626. The third-order valence-electron chi connectivity index (χ3n) is 3.68. The number of carboxylic acid groups (broad SMARTS) is 1. The molecule has 0 aliphatic carbocycles. The fraction of sp³-hybridized carbons (Fsp3) is 0.263. The topological polar surface area (TPSA) is 66.4 Å². The van der Waals surface area contributed by atoms with Crippen molar-refractivity contribution in [2.75, 3.05) is 0 Å². The number of carboxylic acids is 1. The zero-order valence-electron chi connectivity index (χ0n) is 12.9. The minimum absolute atomic E-state index is 0.227. The van der Waals surface area contributed by atoms with Gasteiger partial charge < -0.3 is 10.4 Å². The first-order chi connectivity index (χ1) is 11.1. The van der Waals surface area contributed by atoms with E-state index in [0.717, 1.165) is 11.1 Å². The molecule has 2 rings (SSSR count). The van der Waals surface area contributed by atoms with Crippen molar-refractivity contribution in [2.45, 2.75) is 31.7 Å². The number of rotatable bonds is 8. The molecule has 0 spiro atoms. The lowest BCUT2D eigenvalue weighted by Crippen LogP contribution is -2.41. The Morgan fingerprint density at radius 1 is 0.870 bits per heavy atom. The van der Waals surface area contributed by atoms with E-state index in [-0.39, 0.29) is 5.91 Å². The highest BCUT2D eigenvalue weighted by Gasteiger charge is 2.19. The van der Waals surface area contributed by atoms with Gasteiger partial charge in [-0.25, -0.2) is 4.79 Å². The predicted molar refractivity (Wildman–Crippen MR) is 89.1 cm³/mol. The first-order valence-corrected chi connectivity index (χ1v) is 7.75. The summed E-state index contributed by atoms with van der Waals surface area (Å²) in [7, 11) is 0. The summed E-state index contributed by atoms with van der Waals surface area (Å²) < 4.78 is 0. The van der Waals surface area contributed by atoms with Crippen molar-refractivity contribution in [3.05, 3.63) is 71.8 Å². The van der Waals surface area contributed by atoms with E-state index in [4.69, 9.17) is 0 Å². The smallest absolute Gasteiger partial charge is 0.326 e. The van der Waals surface area contributed by atoms with E-state index in [0.29, 0.717) is 25.7 Å². The van der Waals surface area contributed by atoms with Crippen molar-refractivity contribution in [3.63, 3.8) is 0 Å². The van der Waals surface area contributed by atoms with Gasteiger partial charge in [-0.05, 0) is 30.4 Å². The van der Waals surface area contributed by atoms with Gasteiger partial charge in [-0.15, -0.1) is 0 Å². The summed E-state index contributed by atoms with van der Waals surface area (Å²) in [6.07, 6.45) is 1.91. The van der Waals surface area contributed by atoms with Gasteiger partial charge in [-0.1, -0.05) is 60.7 Å². The summed E-state index contributed by atoms with van der Waals surface area (Å²) >= 11 is 0. The van der Waals surface area contributed by atoms with Crippen LogP contribution >= 0.6 is 0 Å². The molecule has 1 atom stereocenters. The zero-order valence-corrected chi connectivity index (χ0v) is 12.9. The van der Waals surface area contributed by atoms with Crippen LogP contribution in [0.25, 0.3) is 0 Å². The Hall–Kier alpha value is -2.62. The minimum atomic E-state index is -0.992. The van der Waals surface area contributed by atoms with E-state index in [1.54, 1.807) is 0 Å². The van der Waals surface area contributed by atoms with Gasteiger partial charge in [0.05, 0.1) is 0 Å². The van der Waals surface area contributed by atoms with Gasteiger partial charge in [0.15, 0.2) is 0 Å². The second-order valence-corrected chi connectivity index (χ2v) is 5.47. The first-order valence-electron chi connectivity index (χ1n) is 7.75. The molecule has 1 amide bonds. The lowest BCUT2D eigenvalue weighted by atomic mass is 10.0. The highest BCUT2D eigenvalue weighted by molar-refractivity contribution is 5.83. The Kier molecular flexibility index (Phi) is 6.36. The summed E-state index contributed by atoms with van der Waals surface area (Å²) in [6, 6.07) is 18.5. The van der Waals surface area contributed by atoms with Crippen LogP contribution in [-0.4, -0.2) is 23.0 Å². The lowest BCUT2D eigenvalue weighted by molar-refractivity contribution is -0.142. The van der Waals surface area contributed by atoms with E-state index in [9.17, 15) is 14.7 Å². The Morgan fingerprint density at radius 2 is 1.39 bits per heavy atom. The number of nitrogens with one attached hydrogen (secondary N) is 1. The molecule has 0 fully saturated rings. The molecule has 0 radical (unpaired) electrons. The van der Waals surface area contributed by atoms with Crippen LogP contribution in [0.2, 0.25) is 0 Å². The predicted octanol–water partition coefficient (Wildman–Crippen LogP) is 2.82. The molecule has 0 heterocycles. The molecule has 0 aliphatic rings. The molecule has 0 aliphatic heterocycles. The highest BCUT2D eigenvalue weighted by Crippen LogP contribution is 2.07. The van der Waals surface area contributed by atoms with Crippen molar-refractivity contribution in [1.82, 2.24) is 5.32 Å². The lowest BCUT2D eigenvalue weighted by Gasteiger charge is -2.14. The number of hydrogen-bond acceptors (Lipinski definition) is 2. The molecular formula is C19H21NO3. The summed E-state index contributed by atoms with van der Waals surface area (Å²) in [5.74, 6) is -1.22. The van der Waals surface area contributed by atoms with Crippen LogP contribution in [-0.2, 0) is 22.4 Å². The monoisotopic (exact) mass is 311 g/mol. The second kappa shape index (κ2) is 8.73. The van der Waals surface area contributed by atoms with Crippen LogP contribution < -0.4 is 5.32 Å². The molecule has 0 unspecified atom stereocenters. The number of aliphatic carboxylic acids is 1. The highest BCUT2D eigenvalue weighted by atomic mass is 16.4. The van der Waals surface area contributed by atoms with Crippen LogP contribution in [0.3, 0.4) is 0 Å². The average molecular weight is 311 g/mol. The van der Waals surface area contributed by atoms with E-state index < -0.39 is 12.0 Å². The number of carbonyl (C=O) groups is 2. The van der Waals surface area contributed by atoms with Crippen LogP contribution in [0, 0.1) is 0 Å². The molecule has 2 aromatic rings. The number of amides is 1. The maximum absolute atomic E-state index is 12.0. The number of hydrogen-bond donors (Lipinski definition) is 2. The molecule has 0 saturated carbocycles. The van der Waals surface area contributed by atoms with Gasteiger partial charge in [0.1, 0.15) is 6.04 Å². The molecule has 2 N–H and O–H groups in total. The maximum atomic E-state index is 12.0. The van der Waals surface area contributed by atoms with E-state index >= 15 is 0 Å². The third-order valence-corrected chi connectivity index (χ3v) is 3.68. The molecule has 0 saturated heterocycles. The summed E-state index contributed by atoms with van der Waals surface area (Å²) in [5, 5.41) is 11.9. The van der Waals surface area contributed by atoms with E-state index in [2.05, 4.69) is 5.32 Å². The molecule has 23 heavy (non-hydrogen) atoms. The molecule has 0 bridgehead atoms. The van der Waals surface area contributed by atoms with E-state index in [1.807, 2.05) is 60.7 Å². The molecule has 120 valence electrons. The fourth-order valence-corrected chi connectivity index (χ4v) is 2.38. The van der Waals surface area contributed by atoms with Crippen molar-refractivity contribution in [1.29, 1.82) is 0 Å². The number of benzene rings is 2. The number of aryl methyl sites for hydroxylation is 2.